The first-order chi connectivity index (χ1) is 13.4. The number of benzene rings is 1. The number of aromatic nitrogens is 1. The van der Waals surface area contributed by atoms with Crippen molar-refractivity contribution in [1.29, 1.82) is 0 Å². The van der Waals surface area contributed by atoms with Gasteiger partial charge < -0.3 is 9.80 Å². The highest BCUT2D eigenvalue weighted by Crippen LogP contribution is 2.30. The van der Waals surface area contributed by atoms with Crippen molar-refractivity contribution in [2.45, 2.75) is 26.4 Å². The fraction of sp³-hybridized carbons (Fsp3) is 0.476. The van der Waals surface area contributed by atoms with Crippen molar-refractivity contribution in [2.75, 3.05) is 45.2 Å². The number of hydrogen-bond acceptors (Lipinski definition) is 6. The molecule has 1 unspecified atom stereocenters. The van der Waals surface area contributed by atoms with Crippen LogP contribution < -0.4 is 4.90 Å². The van der Waals surface area contributed by atoms with E-state index >= 15 is 0 Å². The molecule has 1 aliphatic rings. The fourth-order valence-electron chi connectivity index (χ4n) is 3.89. The minimum absolute atomic E-state index is 0.150. The second kappa shape index (κ2) is 8.67. The molecule has 7 nitrogen and oxygen atoms in total. The molecule has 1 aromatic carbocycles. The van der Waals surface area contributed by atoms with E-state index in [1.165, 1.54) is 5.56 Å². The number of nitro groups is 1. The first-order valence-electron chi connectivity index (χ1n) is 9.69. The predicted octanol–water partition coefficient (Wildman–Crippen LogP) is 3.24. The van der Waals surface area contributed by atoms with E-state index in [9.17, 15) is 10.1 Å². The van der Waals surface area contributed by atoms with Gasteiger partial charge in [0.1, 0.15) is 5.82 Å². The molecular formula is C21H29N5O2. The van der Waals surface area contributed by atoms with Crippen LogP contribution in [0.15, 0.2) is 36.5 Å². The molecule has 1 saturated heterocycles. The molecule has 0 amide bonds. The number of anilines is 1. The Morgan fingerprint density at radius 1 is 1.18 bits per heavy atom. The lowest BCUT2D eigenvalue weighted by atomic mass is 9.99. The quantitative estimate of drug-likeness (QED) is 0.564. The molecule has 150 valence electrons. The summed E-state index contributed by atoms with van der Waals surface area (Å²) < 4.78 is 0. The van der Waals surface area contributed by atoms with Gasteiger partial charge >= 0.3 is 0 Å². The third kappa shape index (κ3) is 4.48. The highest BCUT2D eigenvalue weighted by atomic mass is 16.6. The van der Waals surface area contributed by atoms with Crippen molar-refractivity contribution in [3.05, 3.63) is 63.3 Å². The number of nitrogens with zero attached hydrogens (tertiary/aromatic N) is 5. The van der Waals surface area contributed by atoms with Gasteiger partial charge in [-0.2, -0.15) is 0 Å². The minimum atomic E-state index is -0.297. The second-order valence-electron chi connectivity index (χ2n) is 7.71. The maximum Gasteiger partial charge on any atom is 0.272 e. The monoisotopic (exact) mass is 383 g/mol. The summed E-state index contributed by atoms with van der Waals surface area (Å²) in [4.78, 5) is 22.4. The summed E-state index contributed by atoms with van der Waals surface area (Å²) in [7, 11) is 4.11. The Morgan fingerprint density at radius 2 is 1.89 bits per heavy atom. The Bertz CT molecular complexity index is 814. The van der Waals surface area contributed by atoms with E-state index in [0.717, 1.165) is 49.7 Å². The Morgan fingerprint density at radius 3 is 2.46 bits per heavy atom. The Balaban J connectivity index is 1.64. The van der Waals surface area contributed by atoms with Gasteiger partial charge in [-0.3, -0.25) is 15.0 Å². The summed E-state index contributed by atoms with van der Waals surface area (Å²) in [6, 6.07) is 9.76. The van der Waals surface area contributed by atoms with Crippen molar-refractivity contribution in [3.8, 4) is 0 Å². The number of piperazine rings is 1. The van der Waals surface area contributed by atoms with Gasteiger partial charge in [0, 0.05) is 56.6 Å². The molecule has 1 aromatic heterocycles. The zero-order valence-corrected chi connectivity index (χ0v) is 17.1. The molecule has 1 fully saturated rings. The van der Waals surface area contributed by atoms with Crippen LogP contribution in [0.4, 0.5) is 11.5 Å². The van der Waals surface area contributed by atoms with Crippen LogP contribution >= 0.6 is 0 Å². The summed E-state index contributed by atoms with van der Waals surface area (Å²) in [6.45, 7) is 8.49. The van der Waals surface area contributed by atoms with Crippen molar-refractivity contribution < 1.29 is 4.92 Å². The van der Waals surface area contributed by atoms with Gasteiger partial charge in [-0.1, -0.05) is 18.2 Å². The van der Waals surface area contributed by atoms with Crippen LogP contribution in [-0.2, 0) is 6.54 Å². The van der Waals surface area contributed by atoms with Crippen LogP contribution in [0, 0.1) is 17.0 Å². The van der Waals surface area contributed by atoms with Crippen LogP contribution in [0.1, 0.15) is 29.7 Å². The van der Waals surface area contributed by atoms with E-state index in [1.807, 2.05) is 19.2 Å². The average molecular weight is 383 g/mol. The minimum Gasteiger partial charge on any atom is -0.354 e. The maximum absolute atomic E-state index is 11.2. The lowest BCUT2D eigenvalue weighted by molar-refractivity contribution is -0.385. The molecule has 0 N–H and O–H groups in total. The molecule has 2 aromatic rings. The summed E-state index contributed by atoms with van der Waals surface area (Å²) in [5.74, 6) is 1.02. The third-order valence-corrected chi connectivity index (χ3v) is 5.49. The molecule has 0 bridgehead atoms. The fourth-order valence-corrected chi connectivity index (χ4v) is 3.89. The number of nitro benzene ring substituents is 1. The van der Waals surface area contributed by atoms with Gasteiger partial charge in [0.25, 0.3) is 5.69 Å². The lowest BCUT2D eigenvalue weighted by Crippen LogP contribution is -2.47. The highest BCUT2D eigenvalue weighted by molar-refractivity contribution is 5.46. The standard InChI is InChI=1S/C21H29N5O2/c1-16-19(6-5-7-20(16)26(27)28)17(2)24-10-12-25(13-11-24)21-9-8-18(14-22-21)15-23(3)4/h5-9,14,17H,10-13,15H2,1-4H3. The van der Waals surface area contributed by atoms with Crippen LogP contribution in [0.2, 0.25) is 0 Å². The Labute approximate surface area is 166 Å². The largest absolute Gasteiger partial charge is 0.354 e. The van der Waals surface area contributed by atoms with E-state index in [2.05, 4.69) is 52.8 Å². The van der Waals surface area contributed by atoms with Crippen LogP contribution in [0.3, 0.4) is 0 Å². The zero-order chi connectivity index (χ0) is 20.3. The number of rotatable bonds is 6. The average Bonchev–Trinajstić information content (AvgIpc) is 2.68. The molecule has 28 heavy (non-hydrogen) atoms. The second-order valence-corrected chi connectivity index (χ2v) is 7.71. The number of pyridine rings is 1. The van der Waals surface area contributed by atoms with Gasteiger partial charge in [-0.05, 0) is 45.1 Å². The van der Waals surface area contributed by atoms with Crippen LogP contribution in [0.25, 0.3) is 0 Å². The first kappa shape index (κ1) is 20.2. The highest BCUT2D eigenvalue weighted by Gasteiger charge is 2.25. The lowest BCUT2D eigenvalue weighted by Gasteiger charge is -2.39. The van der Waals surface area contributed by atoms with Crippen molar-refractivity contribution in [1.82, 2.24) is 14.8 Å². The van der Waals surface area contributed by atoms with Gasteiger partial charge in [0.15, 0.2) is 0 Å². The van der Waals surface area contributed by atoms with E-state index in [0.29, 0.717) is 0 Å². The molecule has 0 saturated carbocycles. The molecular weight excluding hydrogens is 354 g/mol. The molecule has 7 heteroatoms. The van der Waals surface area contributed by atoms with E-state index in [1.54, 1.807) is 12.1 Å². The first-order valence-corrected chi connectivity index (χ1v) is 9.69. The van der Waals surface area contributed by atoms with E-state index < -0.39 is 0 Å². The molecule has 1 aliphatic heterocycles. The topological polar surface area (TPSA) is 65.8 Å². The molecule has 0 aliphatic carbocycles. The molecule has 1 atom stereocenters. The maximum atomic E-state index is 11.2. The van der Waals surface area contributed by atoms with Gasteiger partial charge in [0.05, 0.1) is 4.92 Å². The van der Waals surface area contributed by atoms with E-state index in [-0.39, 0.29) is 16.7 Å². The molecule has 0 radical (unpaired) electrons. The van der Waals surface area contributed by atoms with E-state index in [4.69, 9.17) is 0 Å². The van der Waals surface area contributed by atoms with Crippen molar-refractivity contribution >= 4 is 11.5 Å². The smallest absolute Gasteiger partial charge is 0.272 e. The normalized spacial score (nSPS) is 16.4. The van der Waals surface area contributed by atoms with Gasteiger partial charge in [-0.15, -0.1) is 0 Å². The SMILES string of the molecule is Cc1c(C(C)N2CCN(c3ccc(CN(C)C)cn3)CC2)cccc1[N+](=O)[O-]. The van der Waals surface area contributed by atoms with Crippen molar-refractivity contribution in [3.63, 3.8) is 0 Å². The summed E-state index contributed by atoms with van der Waals surface area (Å²) >= 11 is 0. The van der Waals surface area contributed by atoms with Gasteiger partial charge in [-0.25, -0.2) is 4.98 Å². The van der Waals surface area contributed by atoms with Crippen LogP contribution in [-0.4, -0.2) is 60.0 Å². The molecule has 2 heterocycles. The van der Waals surface area contributed by atoms with Gasteiger partial charge in [0.2, 0.25) is 0 Å². The van der Waals surface area contributed by atoms with Crippen molar-refractivity contribution in [2.24, 2.45) is 0 Å². The Hall–Kier alpha value is -2.51. The third-order valence-electron chi connectivity index (χ3n) is 5.49. The predicted molar refractivity (Wildman–Crippen MR) is 112 cm³/mol. The zero-order valence-electron chi connectivity index (χ0n) is 17.1. The molecule has 3 rings (SSSR count). The summed E-state index contributed by atoms with van der Waals surface area (Å²) in [6.07, 6.45) is 1.96. The molecule has 0 spiro atoms. The Kier molecular flexibility index (Phi) is 6.26. The summed E-state index contributed by atoms with van der Waals surface area (Å²) in [5.41, 5.74) is 3.21. The number of hydrogen-bond donors (Lipinski definition) is 0. The van der Waals surface area contributed by atoms with Crippen LogP contribution in [0.5, 0.6) is 0 Å². The summed E-state index contributed by atoms with van der Waals surface area (Å²) in [5, 5.41) is 11.2.